The van der Waals surface area contributed by atoms with Crippen LogP contribution in [-0.2, 0) is 24.8 Å². The van der Waals surface area contributed by atoms with Crippen molar-refractivity contribution in [3.05, 3.63) is 24.0 Å². The van der Waals surface area contributed by atoms with Crippen molar-refractivity contribution < 1.29 is 31.1 Å². The number of hydrogen-bond acceptors (Lipinski definition) is 5. The van der Waals surface area contributed by atoms with E-state index in [1.165, 1.54) is 27.7 Å². The van der Waals surface area contributed by atoms with Crippen LogP contribution in [0, 0.1) is 5.82 Å². The number of rotatable bonds is 8. The molecular weight excluding hydrogens is 375 g/mol. The lowest BCUT2D eigenvalue weighted by Crippen LogP contribution is -2.40. The van der Waals surface area contributed by atoms with Crippen LogP contribution in [0.25, 0.3) is 0 Å². The standard InChI is InChI=1S/C14H21FN2O6S2/c1-9(2)17(8-14(18)19)25(22,23)11-5-6-13(12(15)7-11)16-24(20,21)10(3)4/h5-7,9-10,16H,8H2,1-4H3,(H,18,19). The largest absolute Gasteiger partial charge is 0.480 e. The summed E-state index contributed by atoms with van der Waals surface area (Å²) in [5, 5.41) is 8.06. The molecular formula is C14H21FN2O6S2. The van der Waals surface area contributed by atoms with Gasteiger partial charge in [0.05, 0.1) is 15.8 Å². The van der Waals surface area contributed by atoms with Crippen LogP contribution in [0.15, 0.2) is 23.1 Å². The van der Waals surface area contributed by atoms with Gasteiger partial charge in [0.1, 0.15) is 12.4 Å². The van der Waals surface area contributed by atoms with Crippen molar-refractivity contribution in [2.45, 2.75) is 43.9 Å². The molecule has 25 heavy (non-hydrogen) atoms. The highest BCUT2D eigenvalue weighted by Gasteiger charge is 2.30. The first-order valence-electron chi connectivity index (χ1n) is 7.34. The second-order valence-electron chi connectivity index (χ2n) is 5.88. The van der Waals surface area contributed by atoms with Gasteiger partial charge in [0.25, 0.3) is 0 Å². The smallest absolute Gasteiger partial charge is 0.318 e. The Morgan fingerprint density at radius 2 is 1.76 bits per heavy atom. The molecule has 0 unspecified atom stereocenters. The summed E-state index contributed by atoms with van der Waals surface area (Å²) < 4.78 is 65.5. The molecule has 0 saturated carbocycles. The maximum Gasteiger partial charge on any atom is 0.318 e. The Kier molecular flexibility index (Phi) is 6.54. The lowest BCUT2D eigenvalue weighted by molar-refractivity contribution is -0.137. The van der Waals surface area contributed by atoms with E-state index < -0.39 is 54.6 Å². The van der Waals surface area contributed by atoms with Crippen LogP contribution < -0.4 is 4.72 Å². The highest BCUT2D eigenvalue weighted by molar-refractivity contribution is 7.93. The summed E-state index contributed by atoms with van der Waals surface area (Å²) in [5.41, 5.74) is -0.387. The summed E-state index contributed by atoms with van der Waals surface area (Å²) in [6, 6.07) is 2.00. The molecule has 0 atom stereocenters. The van der Waals surface area contributed by atoms with Gasteiger partial charge in [0, 0.05) is 6.04 Å². The fourth-order valence-electron chi connectivity index (χ4n) is 1.82. The number of hydrogen-bond donors (Lipinski definition) is 2. The monoisotopic (exact) mass is 396 g/mol. The zero-order valence-electron chi connectivity index (χ0n) is 14.2. The Bertz CT molecular complexity index is 850. The van der Waals surface area contributed by atoms with E-state index in [1.807, 2.05) is 4.72 Å². The number of carbonyl (C=O) groups is 1. The zero-order chi connectivity index (χ0) is 19.6. The van der Waals surface area contributed by atoms with Gasteiger partial charge in [0.15, 0.2) is 0 Å². The molecule has 1 aromatic carbocycles. The summed E-state index contributed by atoms with van der Waals surface area (Å²) in [6.07, 6.45) is 0. The van der Waals surface area contributed by atoms with Crippen LogP contribution in [0.4, 0.5) is 10.1 Å². The molecule has 0 fully saturated rings. The number of aliphatic carboxylic acids is 1. The van der Waals surface area contributed by atoms with E-state index in [2.05, 4.69) is 0 Å². The van der Waals surface area contributed by atoms with Crippen molar-refractivity contribution >= 4 is 31.7 Å². The van der Waals surface area contributed by atoms with Crippen molar-refractivity contribution in [1.82, 2.24) is 4.31 Å². The van der Waals surface area contributed by atoms with Gasteiger partial charge in [-0.25, -0.2) is 21.2 Å². The molecule has 0 bridgehead atoms. The van der Waals surface area contributed by atoms with Crippen LogP contribution in [0.1, 0.15) is 27.7 Å². The van der Waals surface area contributed by atoms with Crippen LogP contribution in [-0.4, -0.2) is 50.1 Å². The lowest BCUT2D eigenvalue weighted by Gasteiger charge is -2.24. The molecule has 0 aliphatic heterocycles. The van der Waals surface area contributed by atoms with Gasteiger partial charge in [-0.15, -0.1) is 0 Å². The third kappa shape index (κ3) is 5.13. The van der Waals surface area contributed by atoms with Crippen LogP contribution >= 0.6 is 0 Å². The molecule has 0 aromatic heterocycles. The number of nitrogens with zero attached hydrogens (tertiary/aromatic N) is 1. The Morgan fingerprint density at radius 1 is 1.20 bits per heavy atom. The summed E-state index contributed by atoms with van der Waals surface area (Å²) in [7, 11) is -8.05. The normalized spacial score (nSPS) is 12.8. The predicted octanol–water partition coefficient (Wildman–Crippen LogP) is 1.46. The molecule has 0 heterocycles. The predicted molar refractivity (Wildman–Crippen MR) is 90.7 cm³/mol. The second-order valence-corrected chi connectivity index (χ2v) is 10.0. The molecule has 0 radical (unpaired) electrons. The van der Waals surface area contributed by atoms with Crippen molar-refractivity contribution in [3.63, 3.8) is 0 Å². The maximum absolute atomic E-state index is 14.2. The fraction of sp³-hybridized carbons (Fsp3) is 0.500. The summed E-state index contributed by atoms with van der Waals surface area (Å²) in [4.78, 5) is 10.4. The van der Waals surface area contributed by atoms with E-state index in [-0.39, 0.29) is 5.69 Å². The van der Waals surface area contributed by atoms with Crippen molar-refractivity contribution in [2.75, 3.05) is 11.3 Å². The second kappa shape index (κ2) is 7.67. The van der Waals surface area contributed by atoms with Gasteiger partial charge < -0.3 is 5.11 Å². The minimum atomic E-state index is -4.26. The number of nitrogens with one attached hydrogen (secondary N) is 1. The third-order valence-corrected chi connectivity index (χ3v) is 7.05. The van der Waals surface area contributed by atoms with Gasteiger partial charge >= 0.3 is 5.97 Å². The number of benzene rings is 1. The Balaban J connectivity index is 3.27. The van der Waals surface area contributed by atoms with E-state index in [0.717, 1.165) is 12.1 Å². The van der Waals surface area contributed by atoms with E-state index in [4.69, 9.17) is 5.11 Å². The SMILES string of the molecule is CC(C)N(CC(=O)O)S(=O)(=O)c1ccc(NS(=O)(=O)C(C)C)c(F)c1. The molecule has 11 heteroatoms. The van der Waals surface area contributed by atoms with Crippen molar-refractivity contribution in [3.8, 4) is 0 Å². The van der Waals surface area contributed by atoms with Gasteiger partial charge in [-0.2, -0.15) is 4.31 Å². The van der Waals surface area contributed by atoms with Gasteiger partial charge in [-0.3, -0.25) is 9.52 Å². The zero-order valence-corrected chi connectivity index (χ0v) is 15.9. The van der Waals surface area contributed by atoms with Crippen LogP contribution in [0.5, 0.6) is 0 Å². The quantitative estimate of drug-likeness (QED) is 0.686. The molecule has 1 aromatic rings. The number of carboxylic acids is 1. The molecule has 0 amide bonds. The minimum Gasteiger partial charge on any atom is -0.480 e. The molecule has 0 saturated heterocycles. The summed E-state index contributed by atoms with van der Waals surface area (Å²) >= 11 is 0. The number of sulfonamides is 2. The molecule has 142 valence electrons. The maximum atomic E-state index is 14.2. The Morgan fingerprint density at radius 3 is 2.16 bits per heavy atom. The van der Waals surface area contributed by atoms with E-state index in [1.54, 1.807) is 0 Å². The number of halogens is 1. The molecule has 0 spiro atoms. The topological polar surface area (TPSA) is 121 Å². The fourth-order valence-corrected chi connectivity index (χ4v) is 4.13. The van der Waals surface area contributed by atoms with Gasteiger partial charge in [-0.05, 0) is 45.9 Å². The lowest BCUT2D eigenvalue weighted by atomic mass is 10.3. The first kappa shape index (κ1) is 21.3. The van der Waals surface area contributed by atoms with Gasteiger partial charge in [-0.1, -0.05) is 0 Å². The third-order valence-electron chi connectivity index (χ3n) is 3.29. The summed E-state index contributed by atoms with van der Waals surface area (Å²) in [5.74, 6) is -2.43. The Labute approximate surface area is 146 Å². The summed E-state index contributed by atoms with van der Waals surface area (Å²) in [6.45, 7) is 5.02. The average molecular weight is 396 g/mol. The van der Waals surface area contributed by atoms with E-state index >= 15 is 0 Å². The average Bonchev–Trinajstić information content (AvgIpc) is 2.45. The number of carboxylic acid groups (broad SMARTS) is 1. The molecule has 0 aliphatic rings. The molecule has 1 rings (SSSR count). The molecule has 8 nitrogen and oxygen atoms in total. The van der Waals surface area contributed by atoms with E-state index in [9.17, 15) is 26.0 Å². The minimum absolute atomic E-state index is 0.387. The first-order chi connectivity index (χ1) is 11.3. The van der Waals surface area contributed by atoms with Crippen LogP contribution in [0.2, 0.25) is 0 Å². The Hall–Kier alpha value is -1.72. The van der Waals surface area contributed by atoms with Crippen molar-refractivity contribution in [2.24, 2.45) is 0 Å². The van der Waals surface area contributed by atoms with Gasteiger partial charge in [0.2, 0.25) is 20.0 Å². The first-order valence-corrected chi connectivity index (χ1v) is 10.3. The number of anilines is 1. The highest BCUT2D eigenvalue weighted by Crippen LogP contribution is 2.24. The molecule has 0 aliphatic carbocycles. The molecule has 2 N–H and O–H groups in total. The van der Waals surface area contributed by atoms with Crippen LogP contribution in [0.3, 0.4) is 0 Å². The van der Waals surface area contributed by atoms with Crippen molar-refractivity contribution in [1.29, 1.82) is 0 Å². The highest BCUT2D eigenvalue weighted by atomic mass is 32.2. The van der Waals surface area contributed by atoms with E-state index in [0.29, 0.717) is 10.4 Å².